The number of nitrogen functional groups attached to an aromatic ring is 1. The smallest absolute Gasteiger partial charge is 0.295 e. The van der Waals surface area contributed by atoms with Crippen LogP contribution in [0, 0.1) is 5.82 Å². The monoisotopic (exact) mass is 379 g/mol. The normalized spacial score (nSPS) is 12.1. The number of nitrogens with zero attached hydrogens (tertiary/aromatic N) is 2. The predicted molar refractivity (Wildman–Crippen MR) is 93.8 cm³/mol. The van der Waals surface area contributed by atoms with E-state index < -0.39 is 15.9 Å². The lowest BCUT2D eigenvalue weighted by molar-refractivity contribution is 0.484. The van der Waals surface area contributed by atoms with Crippen LogP contribution in [0.1, 0.15) is 0 Å². The van der Waals surface area contributed by atoms with Gasteiger partial charge in [-0.2, -0.15) is 8.42 Å². The number of nitrogens with two attached hydrogens (primary N) is 1. The van der Waals surface area contributed by atoms with Crippen molar-refractivity contribution < 1.29 is 17.4 Å². The number of rotatable bonds is 3. The van der Waals surface area contributed by atoms with Crippen LogP contribution in [0.25, 0.3) is 10.8 Å². The standard InChI is InChI=1S/C16H11ClFN3O3S/c17-12-7-9(18)5-6-13(12)20-21-14-8-15(25(22,23)24)10-3-1-2-4-11(10)16(14)19/h1-8H,19H2,(H,22,23,24)/b21-20+. The first kappa shape index (κ1) is 17.3. The Morgan fingerprint density at radius 2 is 1.64 bits per heavy atom. The third kappa shape index (κ3) is 3.46. The molecule has 3 aromatic carbocycles. The van der Waals surface area contributed by atoms with Gasteiger partial charge in [0.1, 0.15) is 22.1 Å². The molecular formula is C16H11ClFN3O3S. The van der Waals surface area contributed by atoms with Crippen LogP contribution in [0.2, 0.25) is 5.02 Å². The van der Waals surface area contributed by atoms with Crippen molar-refractivity contribution in [2.45, 2.75) is 4.90 Å². The van der Waals surface area contributed by atoms with Gasteiger partial charge in [0.2, 0.25) is 0 Å². The highest BCUT2D eigenvalue weighted by Gasteiger charge is 2.18. The van der Waals surface area contributed by atoms with Crippen LogP contribution in [-0.2, 0) is 10.1 Å². The number of hydrogen-bond acceptors (Lipinski definition) is 5. The number of benzene rings is 3. The molecule has 3 rings (SSSR count). The van der Waals surface area contributed by atoms with Gasteiger partial charge in [0.15, 0.2) is 0 Å². The molecule has 0 fully saturated rings. The van der Waals surface area contributed by atoms with Crippen molar-refractivity contribution in [3.63, 3.8) is 0 Å². The highest BCUT2D eigenvalue weighted by Crippen LogP contribution is 2.37. The van der Waals surface area contributed by atoms with E-state index in [0.717, 1.165) is 18.2 Å². The number of anilines is 1. The van der Waals surface area contributed by atoms with Crippen LogP contribution in [0.3, 0.4) is 0 Å². The van der Waals surface area contributed by atoms with Gasteiger partial charge in [0.25, 0.3) is 10.1 Å². The van der Waals surface area contributed by atoms with Crippen molar-refractivity contribution in [1.29, 1.82) is 0 Å². The zero-order valence-electron chi connectivity index (χ0n) is 12.5. The van der Waals surface area contributed by atoms with Gasteiger partial charge in [0, 0.05) is 10.8 Å². The summed E-state index contributed by atoms with van der Waals surface area (Å²) in [6.45, 7) is 0. The van der Waals surface area contributed by atoms with E-state index in [1.807, 2.05) is 0 Å². The number of hydrogen-bond donors (Lipinski definition) is 2. The molecule has 0 saturated carbocycles. The Hall–Kier alpha value is -2.55. The molecule has 0 radical (unpaired) electrons. The van der Waals surface area contributed by atoms with E-state index in [0.29, 0.717) is 5.39 Å². The van der Waals surface area contributed by atoms with E-state index in [4.69, 9.17) is 17.3 Å². The Morgan fingerprint density at radius 1 is 1.00 bits per heavy atom. The summed E-state index contributed by atoms with van der Waals surface area (Å²) >= 11 is 5.87. The van der Waals surface area contributed by atoms with Crippen LogP contribution in [0.5, 0.6) is 0 Å². The molecular weight excluding hydrogens is 369 g/mol. The molecule has 25 heavy (non-hydrogen) atoms. The third-order valence-electron chi connectivity index (χ3n) is 3.48. The first-order valence-corrected chi connectivity index (χ1v) is 8.74. The van der Waals surface area contributed by atoms with Crippen molar-refractivity contribution in [3.05, 3.63) is 59.4 Å². The van der Waals surface area contributed by atoms with Crippen molar-refractivity contribution in [1.82, 2.24) is 0 Å². The molecule has 0 aliphatic heterocycles. The minimum atomic E-state index is -4.50. The lowest BCUT2D eigenvalue weighted by Crippen LogP contribution is -2.01. The summed E-state index contributed by atoms with van der Waals surface area (Å²) in [5, 5.41) is 8.49. The molecule has 0 aliphatic rings. The summed E-state index contributed by atoms with van der Waals surface area (Å²) in [7, 11) is -4.50. The van der Waals surface area contributed by atoms with Crippen LogP contribution >= 0.6 is 11.6 Å². The Labute approximate surface area is 147 Å². The first-order chi connectivity index (χ1) is 11.8. The highest BCUT2D eigenvalue weighted by molar-refractivity contribution is 7.86. The average Bonchev–Trinajstić information content (AvgIpc) is 2.54. The molecule has 0 bridgehead atoms. The van der Waals surface area contributed by atoms with E-state index in [-0.39, 0.29) is 32.4 Å². The van der Waals surface area contributed by atoms with Gasteiger partial charge in [-0.15, -0.1) is 10.2 Å². The Balaban J connectivity index is 2.19. The van der Waals surface area contributed by atoms with Crippen molar-refractivity contribution in [3.8, 4) is 0 Å². The quantitative estimate of drug-likeness (QED) is 0.384. The molecule has 9 heteroatoms. The molecule has 0 spiro atoms. The summed E-state index contributed by atoms with van der Waals surface area (Å²) in [5.41, 5.74) is 6.44. The molecule has 0 aromatic heterocycles. The van der Waals surface area contributed by atoms with Gasteiger partial charge >= 0.3 is 0 Å². The van der Waals surface area contributed by atoms with E-state index >= 15 is 0 Å². The highest BCUT2D eigenvalue weighted by atomic mass is 35.5. The zero-order chi connectivity index (χ0) is 18.2. The fourth-order valence-corrected chi connectivity index (χ4v) is 3.24. The molecule has 3 N–H and O–H groups in total. The van der Waals surface area contributed by atoms with Crippen molar-refractivity contribution in [2.75, 3.05) is 5.73 Å². The molecule has 128 valence electrons. The minimum absolute atomic E-state index is 0.0340. The summed E-state index contributed by atoms with van der Waals surface area (Å²) in [6, 6.07) is 11.1. The topological polar surface area (TPSA) is 105 Å². The SMILES string of the molecule is Nc1c(/N=N/c2ccc(F)cc2Cl)cc(S(=O)(=O)O)c2ccccc12. The molecule has 0 unspecified atom stereocenters. The molecule has 6 nitrogen and oxygen atoms in total. The van der Waals surface area contributed by atoms with E-state index in [9.17, 15) is 17.4 Å². The summed E-state index contributed by atoms with van der Waals surface area (Å²) < 4.78 is 45.8. The van der Waals surface area contributed by atoms with Crippen LogP contribution in [-0.4, -0.2) is 13.0 Å². The summed E-state index contributed by atoms with van der Waals surface area (Å²) in [5.74, 6) is -0.525. The van der Waals surface area contributed by atoms with Crippen molar-refractivity contribution in [2.24, 2.45) is 10.2 Å². The molecule has 3 aromatic rings. The lowest BCUT2D eigenvalue weighted by Gasteiger charge is -2.09. The summed E-state index contributed by atoms with van der Waals surface area (Å²) in [6.07, 6.45) is 0. The first-order valence-electron chi connectivity index (χ1n) is 6.93. The Morgan fingerprint density at radius 3 is 2.28 bits per heavy atom. The molecule has 0 atom stereocenters. The zero-order valence-corrected chi connectivity index (χ0v) is 14.1. The van der Waals surface area contributed by atoms with Gasteiger partial charge in [-0.25, -0.2) is 4.39 Å². The van der Waals surface area contributed by atoms with E-state index in [2.05, 4.69) is 10.2 Å². The summed E-state index contributed by atoms with van der Waals surface area (Å²) in [4.78, 5) is -0.337. The fourth-order valence-electron chi connectivity index (χ4n) is 2.32. The largest absolute Gasteiger partial charge is 0.396 e. The maximum absolute atomic E-state index is 13.1. The van der Waals surface area contributed by atoms with Crippen LogP contribution < -0.4 is 5.73 Å². The predicted octanol–water partition coefficient (Wildman–Crippen LogP) is 4.88. The Kier molecular flexibility index (Phi) is 4.42. The van der Waals surface area contributed by atoms with Gasteiger partial charge in [-0.3, -0.25) is 4.55 Å². The lowest BCUT2D eigenvalue weighted by atomic mass is 10.1. The maximum Gasteiger partial charge on any atom is 0.295 e. The van der Waals surface area contributed by atoms with Crippen LogP contribution in [0.4, 0.5) is 21.5 Å². The molecule has 0 heterocycles. The van der Waals surface area contributed by atoms with E-state index in [1.165, 1.54) is 12.1 Å². The molecule has 0 saturated heterocycles. The minimum Gasteiger partial charge on any atom is -0.396 e. The second-order valence-electron chi connectivity index (χ2n) is 5.12. The van der Waals surface area contributed by atoms with Gasteiger partial charge in [0.05, 0.1) is 10.7 Å². The van der Waals surface area contributed by atoms with Gasteiger partial charge < -0.3 is 5.73 Å². The second kappa shape index (κ2) is 6.40. The number of azo groups is 1. The van der Waals surface area contributed by atoms with Gasteiger partial charge in [-0.05, 0) is 24.3 Å². The maximum atomic E-state index is 13.1. The average molecular weight is 380 g/mol. The number of halogens is 2. The molecule has 0 amide bonds. The molecule has 0 aliphatic carbocycles. The van der Waals surface area contributed by atoms with Gasteiger partial charge in [-0.1, -0.05) is 35.9 Å². The van der Waals surface area contributed by atoms with E-state index in [1.54, 1.807) is 18.2 Å². The Bertz CT molecular complexity index is 1120. The fraction of sp³-hybridized carbons (Fsp3) is 0. The van der Waals surface area contributed by atoms with Crippen molar-refractivity contribution >= 4 is 49.6 Å². The second-order valence-corrected chi connectivity index (χ2v) is 6.92. The van der Waals surface area contributed by atoms with Crippen LogP contribution in [0.15, 0.2) is 63.7 Å². The number of fused-ring (bicyclic) bond motifs is 1. The third-order valence-corrected chi connectivity index (χ3v) is 4.68.